The summed E-state index contributed by atoms with van der Waals surface area (Å²) in [6.07, 6.45) is 7.97. The SMILES string of the molecule is CCOCCOc1ccc2c(c1)C1C=CCC1C(c1c[nH]c3ccccc13)N2. The van der Waals surface area contributed by atoms with Crippen molar-refractivity contribution in [2.45, 2.75) is 25.3 Å². The fourth-order valence-electron chi connectivity index (χ4n) is 4.68. The van der Waals surface area contributed by atoms with Crippen LogP contribution in [0.25, 0.3) is 10.9 Å². The third-order valence-electron chi connectivity index (χ3n) is 5.99. The van der Waals surface area contributed by atoms with Crippen LogP contribution in [0.5, 0.6) is 5.75 Å². The van der Waals surface area contributed by atoms with Gasteiger partial charge in [0.1, 0.15) is 12.4 Å². The summed E-state index contributed by atoms with van der Waals surface area (Å²) in [5.74, 6) is 1.86. The van der Waals surface area contributed by atoms with E-state index < -0.39 is 0 Å². The number of hydrogen-bond acceptors (Lipinski definition) is 3. The van der Waals surface area contributed by atoms with Crippen LogP contribution in [-0.2, 0) is 4.74 Å². The Balaban J connectivity index is 1.45. The number of fused-ring (bicyclic) bond motifs is 4. The molecule has 0 radical (unpaired) electrons. The lowest BCUT2D eigenvalue weighted by Crippen LogP contribution is -2.29. The second kappa shape index (κ2) is 7.36. The van der Waals surface area contributed by atoms with Crippen molar-refractivity contribution in [1.82, 2.24) is 4.98 Å². The zero-order valence-corrected chi connectivity index (χ0v) is 16.2. The number of aromatic nitrogens is 1. The van der Waals surface area contributed by atoms with Gasteiger partial charge >= 0.3 is 0 Å². The van der Waals surface area contributed by atoms with Crippen LogP contribution in [-0.4, -0.2) is 24.8 Å². The minimum absolute atomic E-state index is 0.299. The van der Waals surface area contributed by atoms with Gasteiger partial charge in [0.25, 0.3) is 0 Å². The van der Waals surface area contributed by atoms with Crippen LogP contribution < -0.4 is 10.1 Å². The van der Waals surface area contributed by atoms with E-state index in [4.69, 9.17) is 9.47 Å². The van der Waals surface area contributed by atoms with Gasteiger partial charge < -0.3 is 19.8 Å². The predicted molar refractivity (Wildman–Crippen MR) is 113 cm³/mol. The Kier molecular flexibility index (Phi) is 4.57. The lowest BCUT2D eigenvalue weighted by Gasteiger charge is -2.37. The number of rotatable bonds is 6. The number of ether oxygens (including phenoxy) is 2. The van der Waals surface area contributed by atoms with Gasteiger partial charge in [-0.25, -0.2) is 0 Å². The third kappa shape index (κ3) is 2.98. The average Bonchev–Trinajstić information content (AvgIpc) is 3.38. The third-order valence-corrected chi connectivity index (χ3v) is 5.99. The normalized spacial score (nSPS) is 22.7. The Morgan fingerprint density at radius 1 is 1.07 bits per heavy atom. The molecule has 2 N–H and O–H groups in total. The molecule has 0 spiro atoms. The Morgan fingerprint density at radius 2 is 2.00 bits per heavy atom. The highest BCUT2D eigenvalue weighted by Gasteiger charge is 2.38. The first-order valence-corrected chi connectivity index (χ1v) is 10.2. The molecule has 0 amide bonds. The van der Waals surface area contributed by atoms with Gasteiger partial charge in [0, 0.05) is 35.3 Å². The molecule has 3 unspecified atom stereocenters. The van der Waals surface area contributed by atoms with E-state index in [1.807, 2.05) is 6.92 Å². The minimum atomic E-state index is 0.299. The van der Waals surface area contributed by atoms with Crippen LogP contribution in [0.15, 0.2) is 60.8 Å². The van der Waals surface area contributed by atoms with Gasteiger partial charge in [-0.3, -0.25) is 0 Å². The number of para-hydroxylation sites is 1. The molecule has 0 saturated heterocycles. The minimum Gasteiger partial charge on any atom is -0.491 e. The van der Waals surface area contributed by atoms with Crippen molar-refractivity contribution >= 4 is 16.6 Å². The lowest BCUT2D eigenvalue weighted by atomic mass is 9.77. The van der Waals surface area contributed by atoms with E-state index in [-0.39, 0.29) is 0 Å². The maximum Gasteiger partial charge on any atom is 0.119 e. The topological polar surface area (TPSA) is 46.3 Å². The van der Waals surface area contributed by atoms with Crippen molar-refractivity contribution < 1.29 is 9.47 Å². The van der Waals surface area contributed by atoms with Crippen LogP contribution in [0.4, 0.5) is 5.69 Å². The van der Waals surface area contributed by atoms with E-state index in [0.717, 1.165) is 18.8 Å². The van der Waals surface area contributed by atoms with Gasteiger partial charge in [-0.05, 0) is 54.7 Å². The smallest absolute Gasteiger partial charge is 0.119 e. The zero-order valence-electron chi connectivity index (χ0n) is 16.2. The van der Waals surface area contributed by atoms with Crippen molar-refractivity contribution in [1.29, 1.82) is 0 Å². The zero-order chi connectivity index (χ0) is 18.9. The molecule has 2 heterocycles. The number of hydrogen-bond donors (Lipinski definition) is 2. The molecule has 0 bridgehead atoms. The van der Waals surface area contributed by atoms with E-state index in [0.29, 0.717) is 31.1 Å². The van der Waals surface area contributed by atoms with Gasteiger partial charge in [-0.1, -0.05) is 30.4 Å². The highest BCUT2D eigenvalue weighted by atomic mass is 16.5. The Morgan fingerprint density at radius 3 is 2.93 bits per heavy atom. The van der Waals surface area contributed by atoms with E-state index in [2.05, 4.69) is 71.1 Å². The Labute approximate surface area is 165 Å². The average molecular weight is 374 g/mol. The molecule has 0 saturated carbocycles. The molecule has 0 fully saturated rings. The van der Waals surface area contributed by atoms with E-state index >= 15 is 0 Å². The number of H-pyrrole nitrogens is 1. The lowest BCUT2D eigenvalue weighted by molar-refractivity contribution is 0.110. The molecule has 3 atom stereocenters. The summed E-state index contributed by atoms with van der Waals surface area (Å²) in [5.41, 5.74) is 5.10. The highest BCUT2D eigenvalue weighted by molar-refractivity contribution is 5.84. The van der Waals surface area contributed by atoms with Crippen LogP contribution in [0.3, 0.4) is 0 Å². The first kappa shape index (κ1) is 17.4. The first-order chi connectivity index (χ1) is 13.8. The number of aromatic amines is 1. The summed E-state index contributed by atoms with van der Waals surface area (Å²) in [4.78, 5) is 3.44. The summed E-state index contributed by atoms with van der Waals surface area (Å²) >= 11 is 0. The molecule has 1 aliphatic carbocycles. The molecule has 5 rings (SSSR count). The molecule has 1 aliphatic heterocycles. The summed E-state index contributed by atoms with van der Waals surface area (Å²) in [6, 6.07) is 15.3. The second-order valence-electron chi connectivity index (χ2n) is 7.56. The quantitative estimate of drug-likeness (QED) is 0.448. The van der Waals surface area contributed by atoms with E-state index in [9.17, 15) is 0 Å². The highest BCUT2D eigenvalue weighted by Crippen LogP contribution is 2.51. The van der Waals surface area contributed by atoms with Crippen molar-refractivity contribution in [3.8, 4) is 5.75 Å². The molecule has 4 heteroatoms. The summed E-state index contributed by atoms with van der Waals surface area (Å²) < 4.78 is 11.3. The van der Waals surface area contributed by atoms with E-state index in [1.54, 1.807) is 0 Å². The molecule has 1 aromatic heterocycles. The predicted octanol–water partition coefficient (Wildman–Crippen LogP) is 5.41. The van der Waals surface area contributed by atoms with Crippen LogP contribution in [0, 0.1) is 5.92 Å². The molecule has 4 nitrogen and oxygen atoms in total. The summed E-state index contributed by atoms with van der Waals surface area (Å²) in [5, 5.41) is 5.14. The van der Waals surface area contributed by atoms with Gasteiger partial charge in [-0.2, -0.15) is 0 Å². The fourth-order valence-corrected chi connectivity index (χ4v) is 4.68. The number of benzene rings is 2. The van der Waals surface area contributed by atoms with Crippen molar-refractivity contribution in [3.63, 3.8) is 0 Å². The fraction of sp³-hybridized carbons (Fsp3) is 0.333. The maximum atomic E-state index is 5.90. The Bertz CT molecular complexity index is 1010. The summed E-state index contributed by atoms with van der Waals surface area (Å²) in [6.45, 7) is 3.94. The second-order valence-corrected chi connectivity index (χ2v) is 7.56. The molecular weight excluding hydrogens is 348 g/mol. The summed E-state index contributed by atoms with van der Waals surface area (Å²) in [7, 11) is 0. The van der Waals surface area contributed by atoms with Crippen molar-refractivity contribution in [2.24, 2.45) is 5.92 Å². The number of allylic oxidation sites excluding steroid dienone is 2. The van der Waals surface area contributed by atoms with Crippen molar-refractivity contribution in [2.75, 3.05) is 25.1 Å². The monoisotopic (exact) mass is 374 g/mol. The largest absolute Gasteiger partial charge is 0.491 e. The van der Waals surface area contributed by atoms with Crippen LogP contribution in [0.2, 0.25) is 0 Å². The van der Waals surface area contributed by atoms with Crippen LogP contribution in [0.1, 0.15) is 36.4 Å². The van der Waals surface area contributed by atoms with Gasteiger partial charge in [0.15, 0.2) is 0 Å². The first-order valence-electron chi connectivity index (χ1n) is 10.2. The number of nitrogens with one attached hydrogen (secondary N) is 2. The Hall–Kier alpha value is -2.72. The number of anilines is 1. The molecule has 2 aliphatic rings. The molecule has 3 aromatic rings. The molecule has 144 valence electrons. The van der Waals surface area contributed by atoms with Crippen molar-refractivity contribution in [3.05, 3.63) is 71.9 Å². The van der Waals surface area contributed by atoms with Gasteiger partial charge in [-0.15, -0.1) is 0 Å². The standard InChI is InChI=1S/C24H26N2O2/c1-2-27-12-13-28-16-10-11-23-20(14-16)17-7-5-8-19(17)24(26-23)21-15-25-22-9-4-3-6-18(21)22/h3-7,9-11,14-15,17,19,24-26H,2,8,12-13H2,1H3. The van der Waals surface area contributed by atoms with Gasteiger partial charge in [0.05, 0.1) is 12.6 Å². The van der Waals surface area contributed by atoms with Gasteiger partial charge in [0.2, 0.25) is 0 Å². The molecule has 2 aromatic carbocycles. The molecular formula is C24H26N2O2. The maximum absolute atomic E-state index is 5.90. The molecule has 28 heavy (non-hydrogen) atoms. The van der Waals surface area contributed by atoms with Crippen LogP contribution >= 0.6 is 0 Å². The van der Waals surface area contributed by atoms with E-state index in [1.165, 1.54) is 27.7 Å².